The molecule has 2 aromatic heterocycles. The highest BCUT2D eigenvalue weighted by molar-refractivity contribution is 5.90. The maximum absolute atomic E-state index is 15.0. The number of halogens is 1. The SMILES string of the molecule is CC1(N2CCCN(c3ncc(-c4ccc(N5C[C@H](CO)OC5=O)cc4F)cn3)CC2)Cn2cc([N+](=O)[O-])nc2O1. The summed E-state index contributed by atoms with van der Waals surface area (Å²) in [5, 5.41) is 20.2. The fourth-order valence-electron chi connectivity index (χ4n) is 5.33. The molecule has 2 saturated heterocycles. The number of imidazole rings is 1. The van der Waals surface area contributed by atoms with Crippen LogP contribution >= 0.6 is 0 Å². The van der Waals surface area contributed by atoms with Crippen LogP contribution in [0.3, 0.4) is 0 Å². The fraction of sp³-hybridized carbons (Fsp3) is 0.440. The first-order valence-electron chi connectivity index (χ1n) is 12.9. The van der Waals surface area contributed by atoms with E-state index in [9.17, 15) is 20.0 Å². The van der Waals surface area contributed by atoms with Crippen LogP contribution in [0.2, 0.25) is 0 Å². The Morgan fingerprint density at radius 3 is 2.70 bits per heavy atom. The number of hydrogen-bond acceptors (Lipinski definition) is 11. The Balaban J connectivity index is 1.10. The molecule has 2 atom stereocenters. The molecule has 0 aliphatic carbocycles. The van der Waals surface area contributed by atoms with Crippen molar-refractivity contribution in [1.29, 1.82) is 0 Å². The fourth-order valence-corrected chi connectivity index (χ4v) is 5.33. The quantitative estimate of drug-likeness (QED) is 0.352. The number of carbonyl (C=O) groups is 1. The van der Waals surface area contributed by atoms with Gasteiger partial charge in [0.1, 0.15) is 18.1 Å². The van der Waals surface area contributed by atoms with Crippen LogP contribution in [0.4, 0.5) is 26.6 Å². The lowest BCUT2D eigenvalue weighted by atomic mass is 10.1. The first-order valence-corrected chi connectivity index (χ1v) is 12.9. The lowest BCUT2D eigenvalue weighted by Gasteiger charge is -2.35. The zero-order chi connectivity index (χ0) is 28.0. The number of aliphatic hydroxyl groups is 1. The number of amides is 1. The molecular weight excluding hydrogens is 527 g/mol. The Morgan fingerprint density at radius 2 is 2.02 bits per heavy atom. The number of nitro groups is 1. The van der Waals surface area contributed by atoms with Crippen LogP contribution in [0.15, 0.2) is 36.8 Å². The molecule has 15 heteroatoms. The Labute approximate surface area is 227 Å². The van der Waals surface area contributed by atoms with Crippen LogP contribution in [0.1, 0.15) is 13.3 Å². The summed E-state index contributed by atoms with van der Waals surface area (Å²) in [6.45, 7) is 4.98. The minimum atomic E-state index is -0.674. The molecule has 14 nitrogen and oxygen atoms in total. The van der Waals surface area contributed by atoms with E-state index >= 15 is 4.39 Å². The number of aromatic nitrogens is 4. The largest absolute Gasteiger partial charge is 0.441 e. The molecular formula is C25H27FN8O6. The second-order valence-corrected chi connectivity index (χ2v) is 10.1. The third-order valence-corrected chi connectivity index (χ3v) is 7.43. The predicted octanol–water partition coefficient (Wildman–Crippen LogP) is 2.03. The molecule has 0 spiro atoms. The smallest absolute Gasteiger partial charge is 0.416 e. The molecule has 0 radical (unpaired) electrons. The molecule has 1 N–H and O–H groups in total. The maximum Gasteiger partial charge on any atom is 0.416 e. The van der Waals surface area contributed by atoms with Gasteiger partial charge in [0.25, 0.3) is 0 Å². The van der Waals surface area contributed by atoms with Crippen molar-refractivity contribution in [2.45, 2.75) is 31.7 Å². The predicted molar refractivity (Wildman–Crippen MR) is 138 cm³/mol. The molecule has 40 heavy (non-hydrogen) atoms. The van der Waals surface area contributed by atoms with Gasteiger partial charge in [0, 0.05) is 54.7 Å². The summed E-state index contributed by atoms with van der Waals surface area (Å²) in [6.07, 6.45) is 4.09. The van der Waals surface area contributed by atoms with Crippen molar-refractivity contribution in [2.75, 3.05) is 49.1 Å². The molecule has 0 saturated carbocycles. The standard InChI is InChI=1S/C25H27FN8O6/c1-25(15-31-13-21(34(37)38)29-23(31)40-25)32-6-2-5-30(7-8-32)22-27-10-16(11-28-22)19-4-3-17(9-20(19)26)33-12-18(14-35)39-24(33)36/h3-4,9-11,13,18,35H,2,5-8,12,14-15H2,1H3/t18-,25?/m1/s1. The highest BCUT2D eigenvalue weighted by atomic mass is 19.1. The van der Waals surface area contributed by atoms with Gasteiger partial charge in [0.2, 0.25) is 5.95 Å². The van der Waals surface area contributed by atoms with Gasteiger partial charge in [-0.15, -0.1) is 0 Å². The number of benzene rings is 1. The maximum atomic E-state index is 15.0. The van der Waals surface area contributed by atoms with E-state index in [2.05, 4.69) is 24.8 Å². The van der Waals surface area contributed by atoms with E-state index < -0.39 is 28.7 Å². The zero-order valence-corrected chi connectivity index (χ0v) is 21.6. The average molecular weight is 555 g/mol. The van der Waals surface area contributed by atoms with Gasteiger partial charge < -0.3 is 29.6 Å². The number of aliphatic hydroxyl groups excluding tert-OH is 1. The van der Waals surface area contributed by atoms with Crippen molar-refractivity contribution in [1.82, 2.24) is 24.4 Å². The number of nitrogens with zero attached hydrogens (tertiary/aromatic N) is 8. The first kappa shape index (κ1) is 25.9. The Kier molecular flexibility index (Phi) is 6.46. The van der Waals surface area contributed by atoms with Gasteiger partial charge in [-0.2, -0.15) is 0 Å². The van der Waals surface area contributed by atoms with Gasteiger partial charge in [0.15, 0.2) is 5.72 Å². The van der Waals surface area contributed by atoms with Crippen LogP contribution in [0.25, 0.3) is 11.1 Å². The second-order valence-electron chi connectivity index (χ2n) is 10.1. The van der Waals surface area contributed by atoms with E-state index in [1.54, 1.807) is 29.1 Å². The van der Waals surface area contributed by atoms with Gasteiger partial charge in [-0.05, 0) is 36.5 Å². The summed E-state index contributed by atoms with van der Waals surface area (Å²) in [4.78, 5) is 41.0. The van der Waals surface area contributed by atoms with Crippen LogP contribution in [-0.2, 0) is 11.3 Å². The number of rotatable bonds is 6. The van der Waals surface area contributed by atoms with E-state index in [-0.39, 0.29) is 25.0 Å². The van der Waals surface area contributed by atoms with Gasteiger partial charge in [0.05, 0.1) is 25.4 Å². The summed E-state index contributed by atoms with van der Waals surface area (Å²) in [6, 6.07) is 4.68. The highest BCUT2D eigenvalue weighted by Gasteiger charge is 2.45. The van der Waals surface area contributed by atoms with E-state index in [0.29, 0.717) is 48.9 Å². The average Bonchev–Trinajstić information content (AvgIpc) is 3.53. The van der Waals surface area contributed by atoms with E-state index in [1.807, 2.05) is 6.92 Å². The Morgan fingerprint density at radius 1 is 1.23 bits per heavy atom. The number of anilines is 2. The lowest BCUT2D eigenvalue weighted by molar-refractivity contribution is -0.389. The molecule has 3 aliphatic rings. The molecule has 210 valence electrons. The molecule has 1 amide bonds. The zero-order valence-electron chi connectivity index (χ0n) is 21.6. The van der Waals surface area contributed by atoms with E-state index in [1.165, 1.54) is 17.2 Å². The van der Waals surface area contributed by atoms with Crippen LogP contribution in [-0.4, -0.2) is 91.7 Å². The number of fused-ring (bicyclic) bond motifs is 1. The monoisotopic (exact) mass is 554 g/mol. The Hall–Kier alpha value is -4.37. The number of ether oxygens (including phenoxy) is 2. The summed E-state index contributed by atoms with van der Waals surface area (Å²) in [7, 11) is 0. The molecule has 3 aromatic rings. The van der Waals surface area contributed by atoms with Crippen molar-refractivity contribution in [3.05, 3.63) is 52.7 Å². The van der Waals surface area contributed by atoms with Crippen molar-refractivity contribution in [2.24, 2.45) is 0 Å². The number of hydrogen-bond donors (Lipinski definition) is 1. The molecule has 0 bridgehead atoms. The molecule has 1 unspecified atom stereocenters. The number of cyclic esters (lactones) is 1. The van der Waals surface area contributed by atoms with E-state index in [4.69, 9.17) is 9.47 Å². The first-order chi connectivity index (χ1) is 19.2. The third-order valence-electron chi connectivity index (χ3n) is 7.43. The summed E-state index contributed by atoms with van der Waals surface area (Å²) in [5.74, 6) is -0.240. The summed E-state index contributed by atoms with van der Waals surface area (Å²) >= 11 is 0. The lowest BCUT2D eigenvalue weighted by Crippen LogP contribution is -2.52. The van der Waals surface area contributed by atoms with Crippen LogP contribution in [0, 0.1) is 15.9 Å². The molecule has 6 rings (SSSR count). The van der Waals surface area contributed by atoms with Gasteiger partial charge in [-0.25, -0.2) is 19.2 Å². The second kappa shape index (κ2) is 9.98. The molecule has 1 aromatic carbocycles. The van der Waals surface area contributed by atoms with E-state index in [0.717, 1.165) is 13.0 Å². The van der Waals surface area contributed by atoms with Crippen molar-refractivity contribution in [3.63, 3.8) is 0 Å². The highest BCUT2D eigenvalue weighted by Crippen LogP contribution is 2.34. The third kappa shape index (κ3) is 4.66. The van der Waals surface area contributed by atoms with Crippen molar-refractivity contribution >= 4 is 23.5 Å². The van der Waals surface area contributed by atoms with Crippen LogP contribution < -0.4 is 14.5 Å². The molecule has 2 fully saturated rings. The minimum Gasteiger partial charge on any atom is -0.441 e. The Bertz CT molecular complexity index is 1430. The van der Waals surface area contributed by atoms with Crippen molar-refractivity contribution < 1.29 is 28.7 Å². The number of carbonyl (C=O) groups excluding carboxylic acids is 1. The summed E-state index contributed by atoms with van der Waals surface area (Å²) in [5.41, 5.74) is 0.465. The topological polar surface area (TPSA) is 152 Å². The van der Waals surface area contributed by atoms with Crippen molar-refractivity contribution in [3.8, 4) is 17.1 Å². The van der Waals surface area contributed by atoms with Crippen LogP contribution in [0.5, 0.6) is 6.01 Å². The van der Waals surface area contributed by atoms with Gasteiger partial charge in [-0.3, -0.25) is 14.4 Å². The van der Waals surface area contributed by atoms with Gasteiger partial charge in [-0.1, -0.05) is 0 Å². The minimum absolute atomic E-state index is 0.150. The normalized spacial score (nSPS) is 23.1. The molecule has 3 aliphatic heterocycles. The molecule has 5 heterocycles. The summed E-state index contributed by atoms with van der Waals surface area (Å²) < 4.78 is 27.8. The van der Waals surface area contributed by atoms with Gasteiger partial charge >= 0.3 is 17.9 Å².